The summed E-state index contributed by atoms with van der Waals surface area (Å²) < 4.78 is 5.45. The van der Waals surface area contributed by atoms with Crippen molar-refractivity contribution in [1.29, 1.82) is 0 Å². The third kappa shape index (κ3) is 5.99. The standard InChI is InChI=1S/C17H22N4O3S2/c1-4-11(2)14(15(23)24-3)19-13(22)10-25-17-21-20-16(26-17)18-12-8-6-5-7-9-12/h5-9,11,14H,4,10H2,1-3H3,(H,18,20)(H,19,22)/t11-,14-/m1/s1. The smallest absolute Gasteiger partial charge is 0.328 e. The predicted molar refractivity (Wildman–Crippen MR) is 104 cm³/mol. The number of nitrogens with one attached hydrogen (secondary N) is 2. The highest BCUT2D eigenvalue weighted by Gasteiger charge is 2.26. The molecule has 0 saturated carbocycles. The van der Waals surface area contributed by atoms with E-state index in [0.717, 1.165) is 12.1 Å². The summed E-state index contributed by atoms with van der Waals surface area (Å²) in [6.07, 6.45) is 0.762. The highest BCUT2D eigenvalue weighted by Crippen LogP contribution is 2.27. The fraction of sp³-hybridized carbons (Fsp3) is 0.412. The summed E-state index contributed by atoms with van der Waals surface area (Å²) in [5.41, 5.74) is 0.924. The molecule has 1 amide bonds. The van der Waals surface area contributed by atoms with Crippen LogP contribution in [0.15, 0.2) is 34.7 Å². The first-order chi connectivity index (χ1) is 12.5. The van der Waals surface area contributed by atoms with Crippen LogP contribution in [0.1, 0.15) is 20.3 Å². The van der Waals surface area contributed by atoms with E-state index in [0.29, 0.717) is 9.47 Å². The molecule has 0 saturated heterocycles. The van der Waals surface area contributed by atoms with Crippen molar-refractivity contribution >= 4 is 45.8 Å². The molecule has 0 fully saturated rings. The number of thioether (sulfide) groups is 1. The Balaban J connectivity index is 1.86. The fourth-order valence-electron chi connectivity index (χ4n) is 2.10. The molecule has 1 aromatic heterocycles. The van der Waals surface area contributed by atoms with Crippen molar-refractivity contribution in [3.05, 3.63) is 30.3 Å². The minimum Gasteiger partial charge on any atom is -0.467 e. The topological polar surface area (TPSA) is 93.2 Å². The first-order valence-corrected chi connectivity index (χ1v) is 9.99. The monoisotopic (exact) mass is 394 g/mol. The summed E-state index contributed by atoms with van der Waals surface area (Å²) in [6.45, 7) is 3.87. The number of methoxy groups -OCH3 is 1. The van der Waals surface area contributed by atoms with Crippen LogP contribution in [0.5, 0.6) is 0 Å². The number of carbonyl (C=O) groups is 2. The number of anilines is 2. The summed E-state index contributed by atoms with van der Waals surface area (Å²) in [7, 11) is 1.32. The van der Waals surface area contributed by atoms with Crippen LogP contribution in [-0.2, 0) is 14.3 Å². The molecule has 9 heteroatoms. The van der Waals surface area contributed by atoms with E-state index < -0.39 is 12.0 Å². The number of benzene rings is 1. The van der Waals surface area contributed by atoms with E-state index >= 15 is 0 Å². The highest BCUT2D eigenvalue weighted by atomic mass is 32.2. The van der Waals surface area contributed by atoms with Gasteiger partial charge in [-0.15, -0.1) is 10.2 Å². The van der Waals surface area contributed by atoms with Crippen molar-refractivity contribution in [3.8, 4) is 0 Å². The van der Waals surface area contributed by atoms with Gasteiger partial charge in [-0.25, -0.2) is 4.79 Å². The zero-order chi connectivity index (χ0) is 18.9. The largest absolute Gasteiger partial charge is 0.467 e. The van der Waals surface area contributed by atoms with Gasteiger partial charge in [0.25, 0.3) is 0 Å². The van der Waals surface area contributed by atoms with E-state index in [2.05, 4.69) is 20.8 Å². The van der Waals surface area contributed by atoms with Crippen LogP contribution in [0.3, 0.4) is 0 Å². The minimum absolute atomic E-state index is 0.000366. The Kier molecular flexibility index (Phi) is 7.86. The average Bonchev–Trinajstić information content (AvgIpc) is 3.11. The molecule has 0 radical (unpaired) electrons. The summed E-state index contributed by atoms with van der Waals surface area (Å²) >= 11 is 2.65. The lowest BCUT2D eigenvalue weighted by Gasteiger charge is -2.21. The van der Waals surface area contributed by atoms with Gasteiger partial charge < -0.3 is 15.4 Å². The highest BCUT2D eigenvalue weighted by molar-refractivity contribution is 8.01. The first-order valence-electron chi connectivity index (χ1n) is 8.19. The number of hydrogen-bond acceptors (Lipinski definition) is 8. The van der Waals surface area contributed by atoms with Gasteiger partial charge in [0.05, 0.1) is 12.9 Å². The van der Waals surface area contributed by atoms with E-state index in [-0.39, 0.29) is 17.6 Å². The van der Waals surface area contributed by atoms with Crippen molar-refractivity contribution in [2.45, 2.75) is 30.6 Å². The van der Waals surface area contributed by atoms with Crippen molar-refractivity contribution in [3.63, 3.8) is 0 Å². The molecule has 2 N–H and O–H groups in total. The molecule has 140 valence electrons. The van der Waals surface area contributed by atoms with Gasteiger partial charge in [-0.05, 0) is 18.1 Å². The van der Waals surface area contributed by atoms with Gasteiger partial charge in [0, 0.05) is 5.69 Å². The zero-order valence-corrected chi connectivity index (χ0v) is 16.5. The second kappa shape index (κ2) is 10.1. The Morgan fingerprint density at radius 1 is 1.27 bits per heavy atom. The van der Waals surface area contributed by atoms with E-state index in [9.17, 15) is 9.59 Å². The molecule has 0 spiro atoms. The van der Waals surface area contributed by atoms with Gasteiger partial charge in [-0.3, -0.25) is 4.79 Å². The van der Waals surface area contributed by atoms with Gasteiger partial charge in [-0.1, -0.05) is 61.6 Å². The van der Waals surface area contributed by atoms with E-state index in [1.165, 1.54) is 30.2 Å². The fourth-order valence-corrected chi connectivity index (χ4v) is 3.69. The Morgan fingerprint density at radius 3 is 2.65 bits per heavy atom. The van der Waals surface area contributed by atoms with Crippen LogP contribution in [-0.4, -0.2) is 41.0 Å². The molecule has 0 aliphatic carbocycles. The maximum Gasteiger partial charge on any atom is 0.328 e. The molecule has 1 aromatic carbocycles. The van der Waals surface area contributed by atoms with Crippen molar-refractivity contribution in [2.24, 2.45) is 5.92 Å². The van der Waals surface area contributed by atoms with E-state index in [4.69, 9.17) is 4.74 Å². The van der Waals surface area contributed by atoms with E-state index in [1.807, 2.05) is 44.2 Å². The number of para-hydroxylation sites is 1. The van der Waals surface area contributed by atoms with Crippen LogP contribution < -0.4 is 10.6 Å². The number of esters is 1. The number of aromatic nitrogens is 2. The van der Waals surface area contributed by atoms with Crippen LogP contribution in [0.4, 0.5) is 10.8 Å². The van der Waals surface area contributed by atoms with Gasteiger partial charge in [0.1, 0.15) is 6.04 Å². The van der Waals surface area contributed by atoms with Crippen LogP contribution >= 0.6 is 23.1 Å². The molecule has 1 heterocycles. The van der Waals surface area contributed by atoms with Crippen molar-refractivity contribution in [1.82, 2.24) is 15.5 Å². The molecule has 0 bridgehead atoms. The predicted octanol–water partition coefficient (Wildman–Crippen LogP) is 3.08. The van der Waals surface area contributed by atoms with Gasteiger partial charge in [-0.2, -0.15) is 0 Å². The molecule has 2 aromatic rings. The first kappa shape index (κ1) is 20.2. The zero-order valence-electron chi connectivity index (χ0n) is 14.9. The number of hydrogen-bond donors (Lipinski definition) is 2. The third-order valence-corrected chi connectivity index (χ3v) is 5.71. The second-order valence-electron chi connectivity index (χ2n) is 5.61. The minimum atomic E-state index is -0.636. The van der Waals surface area contributed by atoms with Crippen LogP contribution in [0.25, 0.3) is 0 Å². The van der Waals surface area contributed by atoms with Crippen molar-refractivity contribution < 1.29 is 14.3 Å². The summed E-state index contributed by atoms with van der Waals surface area (Å²) in [4.78, 5) is 24.0. The molecular formula is C17H22N4O3S2. The molecule has 26 heavy (non-hydrogen) atoms. The Labute approximate surface area is 160 Å². The summed E-state index contributed by atoms with van der Waals surface area (Å²) in [5.74, 6) is -0.509. The SMILES string of the molecule is CC[C@@H](C)[C@@H](NC(=O)CSc1nnc(Nc2ccccc2)s1)C(=O)OC. The summed E-state index contributed by atoms with van der Waals surface area (Å²) in [6, 6.07) is 9.03. The van der Waals surface area contributed by atoms with Crippen LogP contribution in [0, 0.1) is 5.92 Å². The maximum absolute atomic E-state index is 12.2. The number of rotatable bonds is 9. The quantitative estimate of drug-likeness (QED) is 0.499. The van der Waals surface area contributed by atoms with Crippen LogP contribution in [0.2, 0.25) is 0 Å². The lowest BCUT2D eigenvalue weighted by atomic mass is 9.99. The molecule has 0 unspecified atom stereocenters. The van der Waals surface area contributed by atoms with Gasteiger partial charge in [0.15, 0.2) is 4.34 Å². The Morgan fingerprint density at radius 2 is 2.00 bits per heavy atom. The maximum atomic E-state index is 12.2. The molecule has 0 aliphatic rings. The summed E-state index contributed by atoms with van der Waals surface area (Å²) in [5, 5.41) is 14.7. The number of amides is 1. The second-order valence-corrected chi connectivity index (χ2v) is 7.81. The normalized spacial score (nSPS) is 12.9. The average molecular weight is 395 g/mol. The number of ether oxygens (including phenoxy) is 1. The lowest BCUT2D eigenvalue weighted by Crippen LogP contribution is -2.46. The van der Waals surface area contributed by atoms with E-state index in [1.54, 1.807) is 0 Å². The number of nitrogens with zero attached hydrogens (tertiary/aromatic N) is 2. The van der Waals surface area contributed by atoms with Crippen molar-refractivity contribution in [2.75, 3.05) is 18.2 Å². The third-order valence-electron chi connectivity index (χ3n) is 3.74. The lowest BCUT2D eigenvalue weighted by molar-refractivity contribution is -0.146. The molecular weight excluding hydrogens is 372 g/mol. The Bertz CT molecular complexity index is 724. The Hall–Kier alpha value is -2.13. The molecule has 2 rings (SSSR count). The molecule has 2 atom stereocenters. The molecule has 7 nitrogen and oxygen atoms in total. The van der Waals surface area contributed by atoms with Gasteiger partial charge in [0.2, 0.25) is 11.0 Å². The number of carbonyl (C=O) groups excluding carboxylic acids is 2. The molecule has 0 aliphatic heterocycles. The van der Waals surface area contributed by atoms with Gasteiger partial charge >= 0.3 is 5.97 Å².